The van der Waals surface area contributed by atoms with Gasteiger partial charge in [0.2, 0.25) is 0 Å². The molecule has 0 unspecified atom stereocenters. The number of rotatable bonds is 16. The Balaban J connectivity index is 0. The molecule has 0 radical (unpaired) electrons. The number of nitrogens with zero attached hydrogens (tertiary/aromatic N) is 2. The molecule has 0 aromatic heterocycles. The first-order chi connectivity index (χ1) is 12.4. The predicted octanol–water partition coefficient (Wildman–Crippen LogP) is -1.02. The van der Waals surface area contributed by atoms with E-state index in [1.165, 1.54) is 25.7 Å². The maximum absolute atomic E-state index is 11.6. The van der Waals surface area contributed by atoms with Gasteiger partial charge in [-0.1, -0.05) is 12.8 Å². The quantitative estimate of drug-likeness (QED) is 0.120. The van der Waals surface area contributed by atoms with Crippen molar-refractivity contribution in [2.75, 3.05) is 66.7 Å². The van der Waals surface area contributed by atoms with E-state index >= 15 is 0 Å². The first-order valence-corrected chi connectivity index (χ1v) is 11.7. The van der Waals surface area contributed by atoms with E-state index in [0.717, 1.165) is 37.0 Å². The summed E-state index contributed by atoms with van der Waals surface area (Å²) >= 11 is 0. The third kappa shape index (κ3) is 19.1. The minimum Gasteiger partial charge on any atom is -1.00 e. The molecule has 0 aromatic carbocycles. The molecule has 9 heteroatoms. The molecule has 0 saturated carbocycles. The summed E-state index contributed by atoms with van der Waals surface area (Å²) in [6, 6.07) is 0. The molecule has 0 saturated heterocycles. The standard InChI is InChI=1S/C19H41N2O5S.BrH/c1-6-26-19(22)18-21(4,5)15-12-10-8-7-9-11-14-20(2,3)16-13-17-27(23,24)25;/h6-18H2,1-5H3;1H/q+1;/p-1. The van der Waals surface area contributed by atoms with E-state index in [-0.39, 0.29) is 28.7 Å². The van der Waals surface area contributed by atoms with E-state index in [9.17, 15) is 17.8 Å². The van der Waals surface area contributed by atoms with Gasteiger partial charge in [0, 0.05) is 12.2 Å². The van der Waals surface area contributed by atoms with Gasteiger partial charge >= 0.3 is 5.97 Å². The second-order valence-corrected chi connectivity index (χ2v) is 10.3. The molecule has 0 aliphatic rings. The van der Waals surface area contributed by atoms with Crippen LogP contribution in [0.3, 0.4) is 0 Å². The highest BCUT2D eigenvalue weighted by molar-refractivity contribution is 7.85. The van der Waals surface area contributed by atoms with Crippen LogP contribution < -0.4 is 17.0 Å². The molecule has 0 amide bonds. The lowest BCUT2D eigenvalue weighted by atomic mass is 10.1. The second-order valence-electron chi connectivity index (χ2n) is 8.74. The average molecular weight is 490 g/mol. The molecule has 0 fully saturated rings. The Hall–Kier alpha value is -0.220. The second kappa shape index (κ2) is 14.7. The van der Waals surface area contributed by atoms with Crippen molar-refractivity contribution in [3.8, 4) is 0 Å². The van der Waals surface area contributed by atoms with E-state index in [4.69, 9.17) is 4.74 Å². The van der Waals surface area contributed by atoms with Crippen molar-refractivity contribution >= 4 is 16.1 Å². The SMILES string of the molecule is CCOC(=O)C[N+](C)(C)CCCCCCCC[N+](C)(C)CCCS(=O)(=O)[O-].[Br-]. The molecule has 0 aliphatic carbocycles. The van der Waals surface area contributed by atoms with Crippen LogP contribution in [0, 0.1) is 0 Å². The summed E-state index contributed by atoms with van der Waals surface area (Å²) in [5.41, 5.74) is 0. The maximum Gasteiger partial charge on any atom is 0.361 e. The number of unbranched alkanes of at least 4 members (excludes halogenated alkanes) is 5. The van der Waals surface area contributed by atoms with Gasteiger partial charge in [0.25, 0.3) is 0 Å². The van der Waals surface area contributed by atoms with Crippen LogP contribution in [0.5, 0.6) is 0 Å². The van der Waals surface area contributed by atoms with Crippen LogP contribution in [-0.2, 0) is 19.6 Å². The molecular weight excluding hydrogens is 448 g/mol. The number of halogens is 1. The number of ether oxygens (including phenoxy) is 1. The summed E-state index contributed by atoms with van der Waals surface area (Å²) in [6.45, 7) is 5.39. The molecule has 0 aliphatic heterocycles. The molecule has 28 heavy (non-hydrogen) atoms. The largest absolute Gasteiger partial charge is 1.00 e. The lowest BCUT2D eigenvalue weighted by Gasteiger charge is -2.30. The summed E-state index contributed by atoms with van der Waals surface area (Å²) < 4.78 is 38.4. The highest BCUT2D eigenvalue weighted by Crippen LogP contribution is 2.11. The fraction of sp³-hybridized carbons (Fsp3) is 0.947. The zero-order valence-corrected chi connectivity index (χ0v) is 20.8. The molecule has 0 bridgehead atoms. The van der Waals surface area contributed by atoms with E-state index in [1.54, 1.807) is 0 Å². The zero-order chi connectivity index (χ0) is 21.0. The van der Waals surface area contributed by atoms with Crippen molar-refractivity contribution in [1.82, 2.24) is 0 Å². The summed E-state index contributed by atoms with van der Waals surface area (Å²) in [7, 11) is 4.21. The summed E-state index contributed by atoms with van der Waals surface area (Å²) in [5, 5.41) is 0. The molecule has 0 heterocycles. The maximum atomic E-state index is 11.6. The smallest absolute Gasteiger partial charge is 0.361 e. The molecule has 0 N–H and O–H groups in total. The van der Waals surface area contributed by atoms with E-state index in [1.807, 2.05) is 6.92 Å². The van der Waals surface area contributed by atoms with Crippen molar-refractivity contribution in [2.45, 2.75) is 51.9 Å². The Morgan fingerprint density at radius 1 is 0.821 bits per heavy atom. The van der Waals surface area contributed by atoms with E-state index in [0.29, 0.717) is 24.1 Å². The van der Waals surface area contributed by atoms with Crippen molar-refractivity contribution in [3.05, 3.63) is 0 Å². The third-order valence-corrected chi connectivity index (χ3v) is 5.59. The monoisotopic (exact) mass is 488 g/mol. The normalized spacial score (nSPS) is 12.5. The summed E-state index contributed by atoms with van der Waals surface area (Å²) in [6.07, 6.45) is 7.38. The fourth-order valence-corrected chi connectivity index (χ4v) is 3.69. The Kier molecular flexibility index (Phi) is 15.8. The van der Waals surface area contributed by atoms with Crippen LogP contribution in [0.25, 0.3) is 0 Å². The summed E-state index contributed by atoms with van der Waals surface area (Å²) in [5.74, 6) is -0.393. The number of carbonyl (C=O) groups excluding carboxylic acids is 1. The Morgan fingerprint density at radius 2 is 1.25 bits per heavy atom. The highest BCUT2D eigenvalue weighted by atomic mass is 79.9. The molecule has 0 rings (SSSR count). The van der Waals surface area contributed by atoms with Crippen LogP contribution in [0.15, 0.2) is 0 Å². The van der Waals surface area contributed by atoms with Crippen molar-refractivity contribution in [3.63, 3.8) is 0 Å². The highest BCUT2D eigenvalue weighted by Gasteiger charge is 2.20. The number of hydrogen-bond donors (Lipinski definition) is 0. The number of hydrogen-bond acceptors (Lipinski definition) is 5. The van der Waals surface area contributed by atoms with Gasteiger partial charge in [-0.25, -0.2) is 13.2 Å². The van der Waals surface area contributed by atoms with Gasteiger partial charge < -0.3 is 35.2 Å². The lowest BCUT2D eigenvalue weighted by molar-refractivity contribution is -0.890. The Bertz CT molecular complexity index is 524. The van der Waals surface area contributed by atoms with Gasteiger partial charge in [0.05, 0.1) is 64.5 Å². The molecule has 0 spiro atoms. The Labute approximate surface area is 183 Å². The Morgan fingerprint density at radius 3 is 1.71 bits per heavy atom. The van der Waals surface area contributed by atoms with Crippen LogP contribution >= 0.6 is 0 Å². The van der Waals surface area contributed by atoms with E-state index in [2.05, 4.69) is 28.2 Å². The number of quaternary nitrogens is 2. The lowest BCUT2D eigenvalue weighted by Crippen LogP contribution is -3.00. The number of carbonyl (C=O) groups is 1. The van der Waals surface area contributed by atoms with Gasteiger partial charge in [-0.2, -0.15) is 0 Å². The van der Waals surface area contributed by atoms with E-state index < -0.39 is 10.1 Å². The van der Waals surface area contributed by atoms with Crippen LogP contribution in [-0.4, -0.2) is 94.6 Å². The number of likely N-dealkylation sites (N-methyl/N-ethyl adjacent to an activating group) is 1. The minimum atomic E-state index is -4.09. The average Bonchev–Trinajstić information content (AvgIpc) is 2.47. The van der Waals surface area contributed by atoms with Gasteiger partial charge in [-0.05, 0) is 32.6 Å². The minimum absolute atomic E-state index is 0. The van der Waals surface area contributed by atoms with Crippen molar-refractivity contribution in [1.29, 1.82) is 0 Å². The first kappa shape index (κ1) is 30.0. The van der Waals surface area contributed by atoms with Gasteiger partial charge in [0.15, 0.2) is 6.54 Å². The van der Waals surface area contributed by atoms with Gasteiger partial charge in [0.1, 0.15) is 0 Å². The predicted molar refractivity (Wildman–Crippen MR) is 107 cm³/mol. The molecule has 7 nitrogen and oxygen atoms in total. The fourth-order valence-electron chi connectivity index (χ4n) is 3.20. The first-order valence-electron chi connectivity index (χ1n) is 10.1. The molecule has 0 aromatic rings. The molecule has 0 atom stereocenters. The van der Waals surface area contributed by atoms with Gasteiger partial charge in [-0.3, -0.25) is 0 Å². The summed E-state index contributed by atoms with van der Waals surface area (Å²) in [4.78, 5) is 11.6. The third-order valence-electron chi connectivity index (χ3n) is 4.80. The van der Waals surface area contributed by atoms with Crippen molar-refractivity contribution < 1.29 is 48.4 Å². The molecule has 170 valence electrons. The topological polar surface area (TPSA) is 83.5 Å². The van der Waals surface area contributed by atoms with Crippen molar-refractivity contribution in [2.24, 2.45) is 0 Å². The van der Waals surface area contributed by atoms with Gasteiger partial charge in [-0.15, -0.1) is 0 Å². The van der Waals surface area contributed by atoms with Crippen LogP contribution in [0.2, 0.25) is 0 Å². The van der Waals surface area contributed by atoms with Crippen LogP contribution in [0.1, 0.15) is 51.9 Å². The van der Waals surface area contributed by atoms with Crippen LogP contribution in [0.4, 0.5) is 0 Å². The zero-order valence-electron chi connectivity index (χ0n) is 18.4. The number of esters is 1. The molecular formula is C19H41BrN2O5S.